The Morgan fingerprint density at radius 3 is 2.03 bits per heavy atom. The monoisotopic (exact) mass is 464 g/mol. The van der Waals surface area contributed by atoms with Crippen molar-refractivity contribution in [3.63, 3.8) is 0 Å². The summed E-state index contributed by atoms with van der Waals surface area (Å²) in [6, 6.07) is 0. The molecule has 2 aliphatic carbocycles. The zero-order chi connectivity index (χ0) is 25.1. The average molecular weight is 465 g/mol. The van der Waals surface area contributed by atoms with Crippen LogP contribution in [0, 0.1) is 5.92 Å². The lowest BCUT2D eigenvalue weighted by Gasteiger charge is -2.20. The predicted octanol–water partition coefficient (Wildman–Crippen LogP) is 9.33. The van der Waals surface area contributed by atoms with E-state index in [1.807, 2.05) is 6.92 Å². The Hall–Kier alpha value is -1.96. The summed E-state index contributed by atoms with van der Waals surface area (Å²) < 4.78 is 0. The number of hydrogen-bond acceptors (Lipinski definition) is 2. The van der Waals surface area contributed by atoms with Crippen LogP contribution in [0.25, 0.3) is 0 Å². The average Bonchev–Trinajstić information content (AvgIpc) is 2.82. The highest BCUT2D eigenvalue weighted by molar-refractivity contribution is 6.24. The Morgan fingerprint density at radius 2 is 1.35 bits per heavy atom. The second-order valence-corrected chi connectivity index (χ2v) is 10.8. The van der Waals surface area contributed by atoms with Crippen molar-refractivity contribution in [2.45, 2.75) is 125 Å². The van der Waals surface area contributed by atoms with Gasteiger partial charge < -0.3 is 0 Å². The zero-order valence-corrected chi connectivity index (χ0v) is 22.8. The van der Waals surface area contributed by atoms with Crippen LogP contribution in [0.4, 0.5) is 0 Å². The Kier molecular flexibility index (Phi) is 12.0. The van der Waals surface area contributed by atoms with Gasteiger partial charge in [-0.25, -0.2) is 0 Å². The van der Waals surface area contributed by atoms with E-state index in [0.29, 0.717) is 29.1 Å². The molecule has 0 amide bonds. The molecule has 0 spiro atoms. The molecular formula is C32H48O2. The molecule has 0 bridgehead atoms. The second-order valence-electron chi connectivity index (χ2n) is 10.8. The lowest BCUT2D eigenvalue weighted by Crippen LogP contribution is -2.21. The third kappa shape index (κ3) is 9.01. The van der Waals surface area contributed by atoms with Crippen LogP contribution in [-0.2, 0) is 9.59 Å². The summed E-state index contributed by atoms with van der Waals surface area (Å²) in [5, 5.41) is 0. The van der Waals surface area contributed by atoms with Crippen LogP contribution in [-0.4, -0.2) is 11.6 Å². The molecule has 1 fully saturated rings. The molecule has 1 saturated carbocycles. The van der Waals surface area contributed by atoms with Crippen LogP contribution in [0.1, 0.15) is 125 Å². The van der Waals surface area contributed by atoms with Crippen molar-refractivity contribution in [2.75, 3.05) is 0 Å². The van der Waals surface area contributed by atoms with Crippen molar-refractivity contribution >= 4 is 11.6 Å². The third-order valence-electron chi connectivity index (χ3n) is 7.85. The van der Waals surface area contributed by atoms with Crippen molar-refractivity contribution in [3.05, 3.63) is 57.2 Å². The molecule has 2 heteroatoms. The van der Waals surface area contributed by atoms with Gasteiger partial charge >= 0.3 is 0 Å². The summed E-state index contributed by atoms with van der Waals surface area (Å²) in [7, 11) is 0. The highest BCUT2D eigenvalue weighted by Gasteiger charge is 2.27. The van der Waals surface area contributed by atoms with Crippen LogP contribution >= 0.6 is 0 Å². The van der Waals surface area contributed by atoms with E-state index in [0.717, 1.165) is 37.7 Å². The first-order valence-electron chi connectivity index (χ1n) is 13.7. The van der Waals surface area contributed by atoms with Gasteiger partial charge in [0.15, 0.2) is 11.6 Å². The molecule has 0 heterocycles. The third-order valence-corrected chi connectivity index (χ3v) is 7.85. The van der Waals surface area contributed by atoms with Gasteiger partial charge in [-0.3, -0.25) is 9.59 Å². The molecule has 34 heavy (non-hydrogen) atoms. The lowest BCUT2D eigenvalue weighted by molar-refractivity contribution is -0.116. The van der Waals surface area contributed by atoms with E-state index >= 15 is 0 Å². The summed E-state index contributed by atoms with van der Waals surface area (Å²) in [5.74, 6) is 0.662. The number of rotatable bonds is 12. The quantitative estimate of drug-likeness (QED) is 0.213. The molecule has 0 aromatic heterocycles. The molecule has 1 atom stereocenters. The lowest BCUT2D eigenvalue weighted by atomic mass is 9.82. The highest BCUT2D eigenvalue weighted by Crippen LogP contribution is 2.29. The van der Waals surface area contributed by atoms with E-state index in [1.54, 1.807) is 19.4 Å². The number of hydrogen-bond donors (Lipinski definition) is 0. The minimum atomic E-state index is 0.0452. The summed E-state index contributed by atoms with van der Waals surface area (Å²) >= 11 is 0. The van der Waals surface area contributed by atoms with Crippen molar-refractivity contribution in [1.82, 2.24) is 0 Å². The van der Waals surface area contributed by atoms with Crippen LogP contribution < -0.4 is 0 Å². The molecule has 0 aromatic rings. The Balaban J connectivity index is 1.66. The fourth-order valence-corrected chi connectivity index (χ4v) is 5.07. The maximum Gasteiger partial charge on any atom is 0.185 e. The number of allylic oxidation sites excluding steroid dienone is 10. The maximum absolute atomic E-state index is 12.6. The van der Waals surface area contributed by atoms with Gasteiger partial charge in [-0.05, 0) is 118 Å². The largest absolute Gasteiger partial charge is 0.289 e. The number of ketones is 2. The Bertz CT molecular complexity index is 880. The summed E-state index contributed by atoms with van der Waals surface area (Å²) in [6.07, 6.45) is 22.7. The van der Waals surface area contributed by atoms with E-state index < -0.39 is 0 Å². The molecular weight excluding hydrogens is 416 g/mol. The molecule has 0 N–H and O–H groups in total. The minimum absolute atomic E-state index is 0.0452. The van der Waals surface area contributed by atoms with Crippen LogP contribution in [0.3, 0.4) is 0 Å². The fraction of sp³-hybridized carbons (Fsp3) is 0.625. The Labute approximate surface area is 209 Å². The van der Waals surface area contributed by atoms with Gasteiger partial charge in [0, 0.05) is 22.3 Å². The topological polar surface area (TPSA) is 34.1 Å². The molecule has 2 aliphatic rings. The van der Waals surface area contributed by atoms with Gasteiger partial charge in [-0.2, -0.15) is 0 Å². The van der Waals surface area contributed by atoms with Crippen molar-refractivity contribution in [2.24, 2.45) is 5.92 Å². The molecule has 188 valence electrons. The molecule has 1 unspecified atom stereocenters. The summed E-state index contributed by atoms with van der Waals surface area (Å²) in [6.45, 7) is 12.1. The van der Waals surface area contributed by atoms with Gasteiger partial charge in [0.05, 0.1) is 0 Å². The predicted molar refractivity (Wildman–Crippen MR) is 146 cm³/mol. The van der Waals surface area contributed by atoms with Gasteiger partial charge in [0.1, 0.15) is 0 Å². The molecule has 0 radical (unpaired) electrons. The minimum Gasteiger partial charge on any atom is -0.289 e. The number of carbonyl (C=O) groups excluding carboxylic acids is 2. The van der Waals surface area contributed by atoms with Crippen LogP contribution in [0.2, 0.25) is 0 Å². The smallest absolute Gasteiger partial charge is 0.185 e. The molecule has 2 nitrogen and oxygen atoms in total. The first-order chi connectivity index (χ1) is 16.2. The van der Waals surface area contributed by atoms with E-state index in [9.17, 15) is 9.59 Å². The summed E-state index contributed by atoms with van der Waals surface area (Å²) in [4.78, 5) is 24.9. The fourth-order valence-electron chi connectivity index (χ4n) is 5.07. The zero-order valence-electron chi connectivity index (χ0n) is 22.8. The maximum atomic E-state index is 12.6. The van der Waals surface area contributed by atoms with E-state index in [4.69, 9.17) is 0 Å². The first kappa shape index (κ1) is 28.3. The van der Waals surface area contributed by atoms with Gasteiger partial charge in [-0.1, -0.05) is 48.3 Å². The van der Waals surface area contributed by atoms with Gasteiger partial charge in [0.2, 0.25) is 0 Å². The number of Topliss-reactive ketones (excluding diaryl/α,β-unsaturated/α-hetero) is 2. The first-order valence-corrected chi connectivity index (χ1v) is 13.7. The molecule has 0 aromatic carbocycles. The molecule has 0 saturated heterocycles. The van der Waals surface area contributed by atoms with Crippen LogP contribution in [0.15, 0.2) is 57.2 Å². The van der Waals surface area contributed by atoms with Crippen molar-refractivity contribution in [3.8, 4) is 0 Å². The summed E-state index contributed by atoms with van der Waals surface area (Å²) in [5.41, 5.74) is 7.33. The van der Waals surface area contributed by atoms with Crippen molar-refractivity contribution < 1.29 is 9.59 Å². The van der Waals surface area contributed by atoms with Crippen LogP contribution in [0.5, 0.6) is 0 Å². The van der Waals surface area contributed by atoms with E-state index in [-0.39, 0.29) is 11.6 Å². The SMILES string of the molecule is CC1=C(C)C(=O)C(CCC(C)CC/C=C(\C)CC/C=C(\C)CCC=C2CCCCC2)=C(C)C1=O. The number of carbonyl (C=O) groups is 2. The van der Waals surface area contributed by atoms with E-state index in [1.165, 1.54) is 56.1 Å². The van der Waals surface area contributed by atoms with Gasteiger partial charge in [0.25, 0.3) is 0 Å². The highest BCUT2D eigenvalue weighted by atomic mass is 16.1. The van der Waals surface area contributed by atoms with Crippen molar-refractivity contribution in [1.29, 1.82) is 0 Å². The van der Waals surface area contributed by atoms with E-state index in [2.05, 4.69) is 39.0 Å². The standard InChI is InChI=1S/C32H48O2/c1-23(13-10-14-24(2)17-12-20-29-18-8-7-9-19-29)15-11-16-25(3)21-22-30-28(6)31(33)26(4)27(5)32(30)34/h14-15,20,25H,7-13,16-19,21-22H2,1-6H3/b23-15+,24-14+. The normalized spacial score (nSPS) is 19.3. The molecule has 0 aliphatic heterocycles. The molecule has 2 rings (SSSR count). The Morgan fingerprint density at radius 1 is 0.765 bits per heavy atom. The van der Waals surface area contributed by atoms with Gasteiger partial charge in [-0.15, -0.1) is 0 Å². The second kappa shape index (κ2) is 14.4.